The molecule has 1 amide bonds. The number of aryl methyl sites for hydroxylation is 1. The molecule has 0 spiro atoms. The fraction of sp³-hybridized carbons (Fsp3) is 0.167. The fourth-order valence-electron chi connectivity index (χ4n) is 2.88. The maximum Gasteiger partial charge on any atom is 0.272 e. The van der Waals surface area contributed by atoms with Crippen LogP contribution in [-0.4, -0.2) is 26.5 Å². The van der Waals surface area contributed by atoms with Crippen LogP contribution in [0.15, 0.2) is 36.7 Å². The Bertz CT molecular complexity index is 958. The summed E-state index contributed by atoms with van der Waals surface area (Å²) in [6, 6.07) is 6.05. The molecule has 2 aromatic heterocycles. The van der Waals surface area contributed by atoms with Crippen molar-refractivity contribution in [3.8, 4) is 5.69 Å². The molecule has 2 heterocycles. The second-order valence-corrected chi connectivity index (χ2v) is 5.75. The minimum absolute atomic E-state index is 0.111. The summed E-state index contributed by atoms with van der Waals surface area (Å²) < 4.78 is 15.7. The first-order valence-electron chi connectivity index (χ1n) is 7.69. The molecule has 1 aromatic carbocycles. The number of nitrogens with zero attached hydrogens (tertiary/aromatic N) is 2. The number of benzene rings is 1. The number of Topliss-reactive ketones (excluding diaryl/α,β-unsaturated/α-hetero) is 1. The average Bonchev–Trinajstić information content (AvgIpc) is 3.15. The summed E-state index contributed by atoms with van der Waals surface area (Å²) >= 11 is 0. The van der Waals surface area contributed by atoms with Gasteiger partial charge in [0.25, 0.3) is 5.91 Å². The topological polar surface area (TPSA) is 79.8 Å². The van der Waals surface area contributed by atoms with E-state index in [0.717, 1.165) is 0 Å². The Morgan fingerprint density at radius 3 is 2.60 bits per heavy atom. The number of hydrogen-bond acceptors (Lipinski definition) is 3. The Kier molecular flexibility index (Phi) is 4.22. The largest absolute Gasteiger partial charge is 0.354 e. The molecule has 0 unspecified atom stereocenters. The minimum Gasteiger partial charge on any atom is -0.354 e. The number of halogens is 1. The highest BCUT2D eigenvalue weighted by atomic mass is 19.1. The summed E-state index contributed by atoms with van der Waals surface area (Å²) in [4.78, 5) is 27.0. The molecule has 128 valence electrons. The van der Waals surface area contributed by atoms with E-state index in [-0.39, 0.29) is 11.5 Å². The van der Waals surface area contributed by atoms with Crippen LogP contribution in [0.4, 0.5) is 10.1 Å². The molecule has 6 nitrogen and oxygen atoms in total. The van der Waals surface area contributed by atoms with E-state index in [4.69, 9.17) is 0 Å². The van der Waals surface area contributed by atoms with Crippen LogP contribution in [0.25, 0.3) is 5.69 Å². The van der Waals surface area contributed by atoms with Gasteiger partial charge in [-0.25, -0.2) is 9.07 Å². The Labute approximate surface area is 143 Å². The van der Waals surface area contributed by atoms with Gasteiger partial charge in [0.2, 0.25) is 0 Å². The SMILES string of the molecule is CC(=O)c1c(C)[nH]c(C(=O)Nc2ccc(-n3cccn3)c(F)c2)c1C. The Balaban J connectivity index is 1.86. The van der Waals surface area contributed by atoms with Crippen molar-refractivity contribution >= 4 is 17.4 Å². The number of amides is 1. The molecule has 0 radical (unpaired) electrons. The van der Waals surface area contributed by atoms with Gasteiger partial charge in [0, 0.05) is 29.3 Å². The third-order valence-electron chi connectivity index (χ3n) is 3.97. The van der Waals surface area contributed by atoms with Gasteiger partial charge in [-0.1, -0.05) is 0 Å². The van der Waals surface area contributed by atoms with Gasteiger partial charge in [0.15, 0.2) is 11.6 Å². The standard InChI is InChI=1S/C18H17FN4O2/c1-10-16(12(3)24)11(2)21-17(10)18(25)22-13-5-6-15(14(19)9-13)23-8-4-7-20-23/h4-9,21H,1-3H3,(H,22,25). The van der Waals surface area contributed by atoms with E-state index in [1.807, 2.05) is 0 Å². The Morgan fingerprint density at radius 1 is 1.28 bits per heavy atom. The maximum atomic E-state index is 14.3. The second-order valence-electron chi connectivity index (χ2n) is 5.75. The zero-order chi connectivity index (χ0) is 18.1. The van der Waals surface area contributed by atoms with E-state index in [9.17, 15) is 14.0 Å². The number of H-pyrrole nitrogens is 1. The average molecular weight is 340 g/mol. The minimum atomic E-state index is -0.509. The van der Waals surface area contributed by atoms with E-state index >= 15 is 0 Å². The molecule has 0 saturated heterocycles. The summed E-state index contributed by atoms with van der Waals surface area (Å²) in [6.45, 7) is 4.89. The number of aromatic amines is 1. The molecule has 0 fully saturated rings. The van der Waals surface area contributed by atoms with Crippen molar-refractivity contribution in [3.63, 3.8) is 0 Å². The monoisotopic (exact) mass is 340 g/mol. The van der Waals surface area contributed by atoms with Gasteiger partial charge in [0.1, 0.15) is 11.4 Å². The summed E-state index contributed by atoms with van der Waals surface area (Å²) in [6.07, 6.45) is 3.18. The van der Waals surface area contributed by atoms with Gasteiger partial charge >= 0.3 is 0 Å². The van der Waals surface area contributed by atoms with Gasteiger partial charge in [-0.05, 0) is 50.6 Å². The zero-order valence-electron chi connectivity index (χ0n) is 14.1. The van der Waals surface area contributed by atoms with Crippen molar-refractivity contribution in [1.82, 2.24) is 14.8 Å². The number of ketones is 1. The van der Waals surface area contributed by atoms with E-state index < -0.39 is 11.7 Å². The lowest BCUT2D eigenvalue weighted by Crippen LogP contribution is -2.14. The summed E-state index contributed by atoms with van der Waals surface area (Å²) in [5, 5.41) is 6.62. The third-order valence-corrected chi connectivity index (χ3v) is 3.97. The molecule has 7 heteroatoms. The van der Waals surface area contributed by atoms with Crippen LogP contribution in [0.3, 0.4) is 0 Å². The van der Waals surface area contributed by atoms with Crippen molar-refractivity contribution in [2.24, 2.45) is 0 Å². The lowest BCUT2D eigenvalue weighted by molar-refractivity contribution is 0.101. The Hall–Kier alpha value is -3.22. The van der Waals surface area contributed by atoms with E-state index in [1.54, 1.807) is 38.4 Å². The van der Waals surface area contributed by atoms with Gasteiger partial charge in [-0.2, -0.15) is 5.10 Å². The molecule has 0 atom stereocenters. The Morgan fingerprint density at radius 2 is 2.04 bits per heavy atom. The van der Waals surface area contributed by atoms with Crippen LogP contribution in [0.2, 0.25) is 0 Å². The van der Waals surface area contributed by atoms with E-state index in [2.05, 4.69) is 15.4 Å². The van der Waals surface area contributed by atoms with Gasteiger partial charge in [-0.3, -0.25) is 9.59 Å². The number of nitrogens with one attached hydrogen (secondary N) is 2. The van der Waals surface area contributed by atoms with Crippen LogP contribution in [-0.2, 0) is 0 Å². The number of anilines is 1. The third kappa shape index (κ3) is 3.08. The maximum absolute atomic E-state index is 14.3. The molecule has 0 aliphatic carbocycles. The number of carbonyl (C=O) groups excluding carboxylic acids is 2. The number of hydrogen-bond donors (Lipinski definition) is 2. The first-order chi connectivity index (χ1) is 11.9. The zero-order valence-corrected chi connectivity index (χ0v) is 14.1. The van der Waals surface area contributed by atoms with Crippen LogP contribution in [0.1, 0.15) is 39.0 Å². The molecule has 0 aliphatic heterocycles. The van der Waals surface area contributed by atoms with Gasteiger partial charge in [-0.15, -0.1) is 0 Å². The smallest absolute Gasteiger partial charge is 0.272 e. The molecule has 0 aliphatic rings. The molecule has 3 aromatic rings. The van der Waals surface area contributed by atoms with Gasteiger partial charge < -0.3 is 10.3 Å². The van der Waals surface area contributed by atoms with Crippen LogP contribution in [0.5, 0.6) is 0 Å². The van der Waals surface area contributed by atoms with Crippen molar-refractivity contribution in [1.29, 1.82) is 0 Å². The van der Waals surface area contributed by atoms with E-state index in [1.165, 1.54) is 23.7 Å². The predicted octanol–water partition coefficient (Wildman–Crippen LogP) is 3.41. The molecule has 0 bridgehead atoms. The number of rotatable bonds is 4. The molecular weight excluding hydrogens is 323 g/mol. The summed E-state index contributed by atoms with van der Waals surface area (Å²) in [5.74, 6) is -1.05. The lowest BCUT2D eigenvalue weighted by atomic mass is 10.1. The molecule has 0 saturated carbocycles. The lowest BCUT2D eigenvalue weighted by Gasteiger charge is -2.08. The van der Waals surface area contributed by atoms with Crippen molar-refractivity contribution in [2.75, 3.05) is 5.32 Å². The number of aromatic nitrogens is 3. The highest BCUT2D eigenvalue weighted by Crippen LogP contribution is 2.21. The van der Waals surface area contributed by atoms with Crippen LogP contribution in [0, 0.1) is 19.7 Å². The highest BCUT2D eigenvalue weighted by Gasteiger charge is 2.20. The quantitative estimate of drug-likeness (QED) is 0.714. The summed E-state index contributed by atoms with van der Waals surface area (Å²) in [5.41, 5.74) is 2.61. The molecule has 25 heavy (non-hydrogen) atoms. The fourth-order valence-corrected chi connectivity index (χ4v) is 2.88. The second kappa shape index (κ2) is 6.35. The van der Waals surface area contributed by atoms with Crippen molar-refractivity contribution in [2.45, 2.75) is 20.8 Å². The van der Waals surface area contributed by atoms with E-state index in [0.29, 0.717) is 28.2 Å². The van der Waals surface area contributed by atoms with Crippen molar-refractivity contribution < 1.29 is 14.0 Å². The van der Waals surface area contributed by atoms with Crippen molar-refractivity contribution in [3.05, 3.63) is 65.0 Å². The summed E-state index contributed by atoms with van der Waals surface area (Å²) in [7, 11) is 0. The van der Waals surface area contributed by atoms with Crippen LogP contribution < -0.4 is 5.32 Å². The van der Waals surface area contributed by atoms with Gasteiger partial charge in [0.05, 0.1) is 0 Å². The highest BCUT2D eigenvalue weighted by molar-refractivity contribution is 6.07. The molecule has 2 N–H and O–H groups in total. The molecular formula is C18H17FN4O2. The molecule has 3 rings (SSSR count). The normalized spacial score (nSPS) is 10.7. The number of carbonyl (C=O) groups is 2. The first-order valence-corrected chi connectivity index (χ1v) is 7.69. The van der Waals surface area contributed by atoms with Crippen LogP contribution >= 0.6 is 0 Å². The predicted molar refractivity (Wildman–Crippen MR) is 91.7 cm³/mol. The first kappa shape index (κ1) is 16.6.